The summed E-state index contributed by atoms with van der Waals surface area (Å²) in [5.41, 5.74) is 0.776. The van der Waals surface area contributed by atoms with Crippen molar-refractivity contribution in [2.75, 3.05) is 11.4 Å². The Morgan fingerprint density at radius 3 is 2.25 bits per heavy atom. The third-order valence-corrected chi connectivity index (χ3v) is 4.65. The van der Waals surface area contributed by atoms with E-state index in [2.05, 4.69) is 0 Å². The van der Waals surface area contributed by atoms with Gasteiger partial charge in [0.25, 0.3) is 10.0 Å². The van der Waals surface area contributed by atoms with Crippen LogP contribution in [0.25, 0.3) is 0 Å². The van der Waals surface area contributed by atoms with Crippen LogP contribution in [-0.2, 0) is 10.0 Å². The summed E-state index contributed by atoms with van der Waals surface area (Å²) in [4.78, 5) is -0.383. The van der Waals surface area contributed by atoms with E-state index in [-0.39, 0.29) is 4.90 Å². The molecule has 20 heavy (non-hydrogen) atoms. The maximum atomic E-state index is 13.6. The Morgan fingerprint density at radius 1 is 1.10 bits per heavy atom. The second-order valence-corrected chi connectivity index (χ2v) is 6.00. The van der Waals surface area contributed by atoms with Gasteiger partial charge < -0.3 is 0 Å². The van der Waals surface area contributed by atoms with Crippen molar-refractivity contribution in [3.63, 3.8) is 0 Å². The van der Waals surface area contributed by atoms with E-state index in [1.54, 1.807) is 0 Å². The highest BCUT2D eigenvalue weighted by atomic mass is 32.2. The lowest BCUT2D eigenvalue weighted by Gasteiger charge is -2.19. The number of nitrogens with zero attached hydrogens (tertiary/aromatic N) is 2. The largest absolute Gasteiger partial charge is 0.269 e. The number of anilines is 1. The van der Waals surface area contributed by atoms with Crippen LogP contribution in [0, 0.1) is 17.1 Å². The number of benzene rings is 2. The standard InChI is InChI=1S/C14H11FN2O2S/c1-17(12-8-6-11(10-16)7-9-12)20(18,19)14-5-3-2-4-13(14)15/h2-9H,1H3. The molecule has 2 rings (SSSR count). The van der Waals surface area contributed by atoms with Crippen LogP contribution in [-0.4, -0.2) is 15.5 Å². The molecule has 0 atom stereocenters. The van der Waals surface area contributed by atoms with E-state index in [0.29, 0.717) is 11.3 Å². The van der Waals surface area contributed by atoms with Crippen molar-refractivity contribution in [2.45, 2.75) is 4.90 Å². The molecule has 0 fully saturated rings. The zero-order valence-corrected chi connectivity index (χ0v) is 11.4. The predicted molar refractivity (Wildman–Crippen MR) is 73.1 cm³/mol. The highest BCUT2D eigenvalue weighted by Crippen LogP contribution is 2.23. The Labute approximate surface area is 116 Å². The van der Waals surface area contributed by atoms with Crippen molar-refractivity contribution in [3.8, 4) is 6.07 Å². The molecule has 0 radical (unpaired) electrons. The summed E-state index contributed by atoms with van der Waals surface area (Å²) >= 11 is 0. The topological polar surface area (TPSA) is 61.2 Å². The quantitative estimate of drug-likeness (QED) is 0.872. The molecule has 0 aromatic heterocycles. The van der Waals surface area contributed by atoms with Crippen LogP contribution in [0.15, 0.2) is 53.4 Å². The molecule has 0 amide bonds. The number of sulfonamides is 1. The molecule has 0 unspecified atom stereocenters. The molecule has 0 saturated carbocycles. The highest BCUT2D eigenvalue weighted by Gasteiger charge is 2.24. The number of rotatable bonds is 3. The third kappa shape index (κ3) is 2.49. The van der Waals surface area contributed by atoms with Gasteiger partial charge in [-0.3, -0.25) is 4.31 Å². The smallest absolute Gasteiger partial charge is 0.266 e. The van der Waals surface area contributed by atoms with E-state index in [1.165, 1.54) is 49.5 Å². The van der Waals surface area contributed by atoms with Crippen molar-refractivity contribution >= 4 is 15.7 Å². The average molecular weight is 290 g/mol. The van der Waals surface area contributed by atoms with Crippen LogP contribution in [0.5, 0.6) is 0 Å². The normalized spacial score (nSPS) is 10.8. The first-order chi connectivity index (χ1) is 9.46. The molecule has 2 aromatic carbocycles. The van der Waals surface area contributed by atoms with Gasteiger partial charge >= 0.3 is 0 Å². The van der Waals surface area contributed by atoms with Crippen molar-refractivity contribution in [1.82, 2.24) is 0 Å². The minimum absolute atomic E-state index is 0.354. The van der Waals surface area contributed by atoms with Crippen molar-refractivity contribution < 1.29 is 12.8 Å². The van der Waals surface area contributed by atoms with Crippen LogP contribution in [0.3, 0.4) is 0 Å². The minimum atomic E-state index is -3.97. The molecule has 0 aliphatic carbocycles. The maximum absolute atomic E-state index is 13.6. The van der Waals surface area contributed by atoms with Gasteiger partial charge in [-0.05, 0) is 36.4 Å². The molecule has 2 aromatic rings. The van der Waals surface area contributed by atoms with Gasteiger partial charge in [0.15, 0.2) is 0 Å². The van der Waals surface area contributed by atoms with E-state index < -0.39 is 15.8 Å². The van der Waals surface area contributed by atoms with Gasteiger partial charge in [0.05, 0.1) is 17.3 Å². The number of halogens is 1. The summed E-state index contributed by atoms with van der Waals surface area (Å²) in [5, 5.41) is 8.71. The Balaban J connectivity index is 2.44. The van der Waals surface area contributed by atoms with E-state index in [0.717, 1.165) is 10.4 Å². The van der Waals surface area contributed by atoms with Gasteiger partial charge in [0.1, 0.15) is 10.7 Å². The molecule has 0 N–H and O–H groups in total. The van der Waals surface area contributed by atoms with E-state index >= 15 is 0 Å². The Kier molecular flexibility index (Phi) is 3.72. The first kappa shape index (κ1) is 14.0. The van der Waals surface area contributed by atoms with Gasteiger partial charge in [-0.1, -0.05) is 12.1 Å². The predicted octanol–water partition coefficient (Wildman–Crippen LogP) is 2.52. The molecular weight excluding hydrogens is 279 g/mol. The lowest BCUT2D eigenvalue weighted by molar-refractivity contribution is 0.566. The lowest BCUT2D eigenvalue weighted by atomic mass is 10.2. The fourth-order valence-electron chi connectivity index (χ4n) is 1.69. The SMILES string of the molecule is CN(c1ccc(C#N)cc1)S(=O)(=O)c1ccccc1F. The van der Waals surface area contributed by atoms with Crippen LogP contribution in [0.2, 0.25) is 0 Å². The fourth-order valence-corrected chi connectivity index (χ4v) is 2.95. The van der Waals surface area contributed by atoms with Crippen LogP contribution in [0.1, 0.15) is 5.56 Å². The molecule has 4 nitrogen and oxygen atoms in total. The molecule has 0 saturated heterocycles. The minimum Gasteiger partial charge on any atom is -0.269 e. The van der Waals surface area contributed by atoms with Crippen LogP contribution >= 0.6 is 0 Å². The Bertz CT molecular complexity index is 765. The molecule has 0 spiro atoms. The zero-order valence-electron chi connectivity index (χ0n) is 10.6. The monoisotopic (exact) mass is 290 g/mol. The van der Waals surface area contributed by atoms with Gasteiger partial charge in [0, 0.05) is 7.05 Å². The average Bonchev–Trinajstić information content (AvgIpc) is 2.47. The summed E-state index contributed by atoms with van der Waals surface area (Å²) in [6.07, 6.45) is 0. The lowest BCUT2D eigenvalue weighted by Crippen LogP contribution is -2.27. The number of hydrogen-bond donors (Lipinski definition) is 0. The molecule has 0 aliphatic heterocycles. The summed E-state index contributed by atoms with van der Waals surface area (Å²) < 4.78 is 39.3. The van der Waals surface area contributed by atoms with Gasteiger partial charge in [0.2, 0.25) is 0 Å². The number of hydrogen-bond acceptors (Lipinski definition) is 3. The molecular formula is C14H11FN2O2S. The van der Waals surface area contributed by atoms with Crippen molar-refractivity contribution in [2.24, 2.45) is 0 Å². The van der Waals surface area contributed by atoms with E-state index in [4.69, 9.17) is 5.26 Å². The summed E-state index contributed by atoms with van der Waals surface area (Å²) in [5.74, 6) is -0.798. The third-order valence-electron chi connectivity index (χ3n) is 2.84. The molecule has 6 heteroatoms. The summed E-state index contributed by atoms with van der Waals surface area (Å²) in [6, 6.07) is 13.1. The first-order valence-corrected chi connectivity index (χ1v) is 7.14. The van der Waals surface area contributed by atoms with Crippen molar-refractivity contribution in [3.05, 3.63) is 59.9 Å². The van der Waals surface area contributed by atoms with Crippen LogP contribution < -0.4 is 4.31 Å². The van der Waals surface area contributed by atoms with E-state index in [9.17, 15) is 12.8 Å². The highest BCUT2D eigenvalue weighted by molar-refractivity contribution is 7.92. The Morgan fingerprint density at radius 2 is 1.70 bits per heavy atom. The van der Waals surface area contributed by atoms with Crippen LogP contribution in [0.4, 0.5) is 10.1 Å². The summed E-state index contributed by atoms with van der Waals surface area (Å²) in [7, 11) is -2.63. The van der Waals surface area contributed by atoms with Crippen molar-refractivity contribution in [1.29, 1.82) is 5.26 Å². The van der Waals surface area contributed by atoms with E-state index in [1.807, 2.05) is 6.07 Å². The zero-order chi connectivity index (χ0) is 14.8. The maximum Gasteiger partial charge on any atom is 0.266 e. The van der Waals surface area contributed by atoms with Gasteiger partial charge in [-0.25, -0.2) is 12.8 Å². The van der Waals surface area contributed by atoms with Gasteiger partial charge in [-0.15, -0.1) is 0 Å². The number of nitriles is 1. The molecule has 0 heterocycles. The molecule has 102 valence electrons. The second kappa shape index (κ2) is 5.31. The van der Waals surface area contributed by atoms with Gasteiger partial charge in [-0.2, -0.15) is 5.26 Å². The summed E-state index contributed by atoms with van der Waals surface area (Å²) in [6.45, 7) is 0. The Hall–Kier alpha value is -2.39. The fraction of sp³-hybridized carbons (Fsp3) is 0.0714. The molecule has 0 bridgehead atoms. The molecule has 0 aliphatic rings. The second-order valence-electron chi connectivity index (χ2n) is 4.06. The first-order valence-electron chi connectivity index (χ1n) is 5.70.